The molecule has 2 rings (SSSR count). The summed E-state index contributed by atoms with van der Waals surface area (Å²) in [7, 11) is 1.57. The molecule has 1 unspecified atom stereocenters. The lowest BCUT2D eigenvalue weighted by atomic mass is 9.98. The molecular formula is C19H29NO8. The van der Waals surface area contributed by atoms with Crippen LogP contribution in [-0.4, -0.2) is 81.2 Å². The van der Waals surface area contributed by atoms with Crippen molar-refractivity contribution in [2.24, 2.45) is 0 Å². The van der Waals surface area contributed by atoms with Crippen molar-refractivity contribution in [2.75, 3.05) is 20.2 Å². The molecule has 1 aromatic carbocycles. The molecule has 0 amide bonds. The first-order valence-corrected chi connectivity index (χ1v) is 8.95. The summed E-state index contributed by atoms with van der Waals surface area (Å²) in [6.45, 7) is 1.34. The molecule has 7 N–H and O–H groups in total. The molecule has 5 atom stereocenters. The number of likely N-dealkylation sites (N-methyl/N-ethyl adjacent to an activating group) is 1. The topological polar surface area (TPSA) is 160 Å². The van der Waals surface area contributed by atoms with Gasteiger partial charge in [0.15, 0.2) is 0 Å². The van der Waals surface area contributed by atoms with Crippen molar-refractivity contribution in [3.63, 3.8) is 0 Å². The highest BCUT2D eigenvalue weighted by molar-refractivity contribution is 5.88. The average molecular weight is 399 g/mol. The number of fused-ring (bicyclic) bond motifs is 1. The molecular weight excluding hydrogens is 370 g/mol. The summed E-state index contributed by atoms with van der Waals surface area (Å²) in [6.07, 6.45) is -3.32. The van der Waals surface area contributed by atoms with Gasteiger partial charge in [0.2, 0.25) is 0 Å². The van der Waals surface area contributed by atoms with Crippen LogP contribution in [0.3, 0.4) is 0 Å². The van der Waals surface area contributed by atoms with Gasteiger partial charge in [-0.1, -0.05) is 25.1 Å². The number of hydrogen-bond acceptors (Lipinski definition) is 9. The fourth-order valence-corrected chi connectivity index (χ4v) is 2.61. The molecule has 0 saturated carbocycles. The molecule has 0 spiro atoms. The zero-order chi connectivity index (χ0) is 21.3. The SMILES string of the molecule is CC/C=C(\O)C1C(=O)Oc2ccccc21.CNC[C@H](O)[C@@H](O)[C@H](O)[C@H](O)CO. The summed E-state index contributed by atoms with van der Waals surface area (Å²) >= 11 is 0. The number of carbonyl (C=O) groups is 1. The van der Waals surface area contributed by atoms with E-state index >= 15 is 0 Å². The number of hydrogen-bond donors (Lipinski definition) is 7. The predicted molar refractivity (Wildman–Crippen MR) is 101 cm³/mol. The normalized spacial score (nSPS) is 20.3. The summed E-state index contributed by atoms with van der Waals surface area (Å²) < 4.78 is 5.05. The second-order valence-corrected chi connectivity index (χ2v) is 6.29. The van der Waals surface area contributed by atoms with E-state index in [0.29, 0.717) is 12.2 Å². The van der Waals surface area contributed by atoms with Crippen LogP contribution < -0.4 is 10.1 Å². The van der Waals surface area contributed by atoms with Gasteiger partial charge in [0.05, 0.1) is 12.7 Å². The second-order valence-electron chi connectivity index (χ2n) is 6.29. The number of allylic oxidation sites excluding steroid dienone is 1. The quantitative estimate of drug-likeness (QED) is 0.168. The van der Waals surface area contributed by atoms with Gasteiger partial charge >= 0.3 is 5.97 Å². The lowest BCUT2D eigenvalue weighted by molar-refractivity contribution is -0.133. The molecule has 0 radical (unpaired) electrons. The van der Waals surface area contributed by atoms with E-state index in [2.05, 4.69) is 5.32 Å². The maximum Gasteiger partial charge on any atom is 0.326 e. The summed E-state index contributed by atoms with van der Waals surface area (Å²) in [4.78, 5) is 11.5. The number of aliphatic hydroxyl groups excluding tert-OH is 6. The van der Waals surface area contributed by atoms with Gasteiger partial charge in [-0.25, -0.2) is 0 Å². The van der Waals surface area contributed by atoms with Crippen molar-refractivity contribution in [3.05, 3.63) is 41.7 Å². The third-order valence-electron chi connectivity index (χ3n) is 4.12. The van der Waals surface area contributed by atoms with Crippen LogP contribution in [0.2, 0.25) is 0 Å². The molecule has 0 bridgehead atoms. The van der Waals surface area contributed by atoms with Crippen LogP contribution in [0.4, 0.5) is 0 Å². The highest BCUT2D eigenvalue weighted by atomic mass is 16.5. The van der Waals surface area contributed by atoms with Gasteiger partial charge in [0.1, 0.15) is 35.7 Å². The smallest absolute Gasteiger partial charge is 0.326 e. The van der Waals surface area contributed by atoms with Gasteiger partial charge in [-0.3, -0.25) is 4.79 Å². The number of benzene rings is 1. The Bertz CT molecular complexity index is 651. The summed E-state index contributed by atoms with van der Waals surface area (Å²) in [6, 6.07) is 7.15. The van der Waals surface area contributed by atoms with Gasteiger partial charge in [0, 0.05) is 12.1 Å². The predicted octanol–water partition coefficient (Wildman–Crippen LogP) is -0.817. The van der Waals surface area contributed by atoms with Crippen LogP contribution >= 0.6 is 0 Å². The van der Waals surface area contributed by atoms with Gasteiger partial charge in [-0.05, 0) is 25.6 Å². The molecule has 158 valence electrons. The molecule has 1 aliphatic rings. The van der Waals surface area contributed by atoms with E-state index in [4.69, 9.17) is 25.2 Å². The van der Waals surface area contributed by atoms with E-state index in [1.165, 1.54) is 0 Å². The molecule has 9 heteroatoms. The van der Waals surface area contributed by atoms with Crippen molar-refractivity contribution in [3.8, 4) is 5.75 Å². The van der Waals surface area contributed by atoms with Crippen LogP contribution in [0.5, 0.6) is 5.75 Å². The van der Waals surface area contributed by atoms with Crippen molar-refractivity contribution in [1.82, 2.24) is 5.32 Å². The molecule has 0 saturated heterocycles. The second kappa shape index (κ2) is 11.7. The number of esters is 1. The van der Waals surface area contributed by atoms with E-state index in [9.17, 15) is 15.0 Å². The maximum atomic E-state index is 11.5. The van der Waals surface area contributed by atoms with E-state index in [-0.39, 0.29) is 12.3 Å². The van der Waals surface area contributed by atoms with Crippen LogP contribution in [0, 0.1) is 0 Å². The van der Waals surface area contributed by atoms with Crippen LogP contribution in [-0.2, 0) is 4.79 Å². The minimum atomic E-state index is -1.55. The highest BCUT2D eigenvalue weighted by Gasteiger charge is 2.35. The largest absolute Gasteiger partial charge is 0.511 e. The first kappa shape index (κ1) is 24.0. The van der Waals surface area contributed by atoms with Crippen LogP contribution in [0.15, 0.2) is 36.1 Å². The minimum absolute atomic E-state index is 0.0763. The van der Waals surface area contributed by atoms with Crippen molar-refractivity contribution in [2.45, 2.75) is 43.7 Å². The number of ether oxygens (including phenoxy) is 1. The van der Waals surface area contributed by atoms with E-state index in [1.807, 2.05) is 13.0 Å². The van der Waals surface area contributed by atoms with Crippen molar-refractivity contribution < 1.29 is 40.2 Å². The lowest BCUT2D eigenvalue weighted by Gasteiger charge is -2.25. The molecule has 1 aliphatic heterocycles. The first-order valence-electron chi connectivity index (χ1n) is 8.95. The molecule has 28 heavy (non-hydrogen) atoms. The Labute approximate surface area is 163 Å². The van der Waals surface area contributed by atoms with Crippen LogP contribution in [0.25, 0.3) is 0 Å². The Morgan fingerprint density at radius 3 is 2.36 bits per heavy atom. The van der Waals surface area contributed by atoms with E-state index in [1.54, 1.807) is 31.3 Å². The third kappa shape index (κ3) is 6.26. The number of rotatable bonds is 8. The number of aliphatic hydroxyl groups is 6. The molecule has 0 aliphatic carbocycles. The van der Waals surface area contributed by atoms with Crippen molar-refractivity contribution in [1.29, 1.82) is 0 Å². The van der Waals surface area contributed by atoms with Gasteiger partial charge < -0.3 is 40.7 Å². The summed E-state index contributed by atoms with van der Waals surface area (Å²) in [5.41, 5.74) is 0.740. The zero-order valence-corrected chi connectivity index (χ0v) is 15.9. The Morgan fingerprint density at radius 2 is 1.79 bits per heavy atom. The molecule has 1 aromatic rings. The molecule has 0 aromatic heterocycles. The van der Waals surface area contributed by atoms with E-state index in [0.717, 1.165) is 5.56 Å². The monoisotopic (exact) mass is 399 g/mol. The molecule has 1 heterocycles. The first-order chi connectivity index (χ1) is 13.3. The minimum Gasteiger partial charge on any atom is -0.511 e. The summed E-state index contributed by atoms with van der Waals surface area (Å²) in [5, 5.41) is 57.2. The zero-order valence-electron chi connectivity index (χ0n) is 15.9. The molecule has 9 nitrogen and oxygen atoms in total. The Hall–Kier alpha value is -2.01. The number of nitrogens with one attached hydrogen (secondary N) is 1. The van der Waals surface area contributed by atoms with E-state index < -0.39 is 42.9 Å². The summed E-state index contributed by atoms with van der Waals surface area (Å²) in [5.74, 6) is -0.421. The fraction of sp³-hybridized carbons (Fsp3) is 0.526. The lowest BCUT2D eigenvalue weighted by Crippen LogP contribution is -2.48. The standard InChI is InChI=1S/C12H12O3.C7H17NO5/c1-2-5-9(13)11-8-6-3-4-7-10(8)15-12(11)14;1-8-2-4(10)6(12)7(13)5(11)3-9/h3-7,11,13H,2H2,1H3;4-13H,2-3H2,1H3/b9-5-;/t;4-,5+,6+,7+/m.0/s1. The number of para-hydroxylation sites is 1. The number of carbonyl (C=O) groups excluding carboxylic acids is 1. The van der Waals surface area contributed by atoms with Gasteiger partial charge in [0.25, 0.3) is 0 Å². The fourth-order valence-electron chi connectivity index (χ4n) is 2.61. The Morgan fingerprint density at radius 1 is 1.18 bits per heavy atom. The van der Waals surface area contributed by atoms with Crippen molar-refractivity contribution >= 4 is 5.97 Å². The third-order valence-corrected chi connectivity index (χ3v) is 4.12. The highest BCUT2D eigenvalue weighted by Crippen LogP contribution is 2.37. The average Bonchev–Trinajstić information content (AvgIpc) is 3.02. The Kier molecular flexibility index (Phi) is 10.1. The van der Waals surface area contributed by atoms with Gasteiger partial charge in [-0.2, -0.15) is 0 Å². The Balaban J connectivity index is 0.000000284. The molecule has 0 fully saturated rings. The van der Waals surface area contributed by atoms with Crippen LogP contribution in [0.1, 0.15) is 24.8 Å². The maximum absolute atomic E-state index is 11.5. The van der Waals surface area contributed by atoms with Gasteiger partial charge in [-0.15, -0.1) is 0 Å².